The first kappa shape index (κ1) is 25.3. The monoisotopic (exact) mass is 526 g/mol. The van der Waals surface area contributed by atoms with Gasteiger partial charge in [0.05, 0.1) is 17.7 Å². The van der Waals surface area contributed by atoms with Gasteiger partial charge in [0.2, 0.25) is 0 Å². The number of amides is 1. The quantitative estimate of drug-likeness (QED) is 0.160. The van der Waals surface area contributed by atoms with Gasteiger partial charge in [0.15, 0.2) is 0 Å². The molecule has 0 aliphatic rings. The van der Waals surface area contributed by atoms with Crippen molar-refractivity contribution in [3.63, 3.8) is 0 Å². The predicted octanol–water partition coefficient (Wildman–Crippen LogP) is 5.76. The normalized spacial score (nSPS) is 12.3. The Morgan fingerprint density at radius 1 is 0.842 bits per heavy atom. The number of carbonyl (C=O) groups excluding carboxylic acids is 1. The molecule has 2 N–H and O–H groups in total. The number of rotatable bonds is 7. The zero-order valence-corrected chi connectivity index (χ0v) is 21.6. The molecule has 0 bridgehead atoms. The van der Waals surface area contributed by atoms with Crippen molar-refractivity contribution in [3.05, 3.63) is 103 Å². The second-order valence-corrected chi connectivity index (χ2v) is 10.7. The lowest BCUT2D eigenvalue weighted by Gasteiger charge is -2.30. The van der Waals surface area contributed by atoms with E-state index in [4.69, 9.17) is 4.74 Å². The van der Waals surface area contributed by atoms with E-state index < -0.39 is 22.0 Å². The number of carbonyl (C=O) groups is 1. The van der Waals surface area contributed by atoms with E-state index in [0.717, 1.165) is 31.4 Å². The summed E-state index contributed by atoms with van der Waals surface area (Å²) in [6.07, 6.45) is 0. The molecule has 5 aromatic rings. The molecule has 8 heteroatoms. The summed E-state index contributed by atoms with van der Waals surface area (Å²) in [7, 11) is -2.83. The molecule has 0 fully saturated rings. The molecule has 1 atom stereocenters. The molecule has 0 saturated heterocycles. The van der Waals surface area contributed by atoms with Gasteiger partial charge in [0.25, 0.3) is 15.9 Å². The first-order chi connectivity index (χ1) is 18.3. The Labute approximate surface area is 220 Å². The third-order valence-electron chi connectivity index (χ3n) is 6.63. The summed E-state index contributed by atoms with van der Waals surface area (Å²) in [5.74, 6) is -0.444. The van der Waals surface area contributed by atoms with E-state index in [-0.39, 0.29) is 10.6 Å². The van der Waals surface area contributed by atoms with Crippen molar-refractivity contribution < 1.29 is 23.2 Å². The Morgan fingerprint density at radius 2 is 1.53 bits per heavy atom. The molecule has 0 saturated carbocycles. The van der Waals surface area contributed by atoms with Crippen molar-refractivity contribution in [1.29, 1.82) is 0 Å². The largest absolute Gasteiger partial charge is 0.497 e. The molecule has 7 nitrogen and oxygen atoms in total. The summed E-state index contributed by atoms with van der Waals surface area (Å²) in [5, 5.41) is 13.5. The summed E-state index contributed by atoms with van der Waals surface area (Å²) in [5.41, 5.74) is 3.01. The van der Waals surface area contributed by atoms with Crippen molar-refractivity contribution in [2.45, 2.75) is 17.9 Å². The summed E-state index contributed by atoms with van der Waals surface area (Å²) in [4.78, 5) is 12.5. The fourth-order valence-electron chi connectivity index (χ4n) is 4.72. The highest BCUT2D eigenvalue weighted by Gasteiger charge is 2.35. The van der Waals surface area contributed by atoms with E-state index in [9.17, 15) is 18.4 Å². The van der Waals surface area contributed by atoms with Crippen LogP contribution in [0.5, 0.6) is 5.75 Å². The van der Waals surface area contributed by atoms with Crippen molar-refractivity contribution in [2.75, 3.05) is 11.4 Å². The lowest BCUT2D eigenvalue weighted by molar-refractivity contribution is -0.129. The van der Waals surface area contributed by atoms with Gasteiger partial charge in [0.1, 0.15) is 11.8 Å². The number of hydrogen-bond acceptors (Lipinski definition) is 5. The number of nitrogens with one attached hydrogen (secondary N) is 1. The van der Waals surface area contributed by atoms with Crippen molar-refractivity contribution in [2.24, 2.45) is 0 Å². The van der Waals surface area contributed by atoms with Gasteiger partial charge in [-0.1, -0.05) is 72.8 Å². The number of ether oxygens (including phenoxy) is 1. The summed E-state index contributed by atoms with van der Waals surface area (Å²) < 4.78 is 34.9. The maximum atomic E-state index is 14.3. The minimum absolute atomic E-state index is 0.0278. The van der Waals surface area contributed by atoms with Gasteiger partial charge in [-0.25, -0.2) is 13.9 Å². The van der Waals surface area contributed by atoms with Gasteiger partial charge in [-0.15, -0.1) is 0 Å². The Balaban J connectivity index is 1.71. The third kappa shape index (κ3) is 4.44. The number of methoxy groups -OCH3 is 1. The average Bonchev–Trinajstić information content (AvgIpc) is 2.96. The van der Waals surface area contributed by atoms with E-state index in [1.54, 1.807) is 41.9 Å². The molecule has 0 aromatic heterocycles. The fraction of sp³-hybridized carbons (Fsp3) is 0.100. The number of sulfonamides is 1. The fourth-order valence-corrected chi connectivity index (χ4v) is 6.55. The lowest BCUT2D eigenvalue weighted by atomic mass is 9.97. The highest BCUT2D eigenvalue weighted by atomic mass is 32.2. The second kappa shape index (κ2) is 10.2. The van der Waals surface area contributed by atoms with Crippen LogP contribution in [0, 0.1) is 0 Å². The van der Waals surface area contributed by atoms with Crippen molar-refractivity contribution in [1.82, 2.24) is 5.48 Å². The maximum Gasteiger partial charge on any atom is 0.266 e. The van der Waals surface area contributed by atoms with Crippen LogP contribution in [0.2, 0.25) is 0 Å². The second-order valence-electron chi connectivity index (χ2n) is 8.87. The molecule has 0 aliphatic heterocycles. The molecule has 0 heterocycles. The van der Waals surface area contributed by atoms with E-state index in [1.165, 1.54) is 26.2 Å². The zero-order valence-electron chi connectivity index (χ0n) is 20.8. The first-order valence-electron chi connectivity index (χ1n) is 12.0. The first-order valence-corrected chi connectivity index (χ1v) is 13.4. The van der Waals surface area contributed by atoms with E-state index in [1.807, 2.05) is 48.5 Å². The third-order valence-corrected chi connectivity index (χ3v) is 8.59. The van der Waals surface area contributed by atoms with E-state index in [2.05, 4.69) is 6.07 Å². The highest BCUT2D eigenvalue weighted by Crippen LogP contribution is 2.36. The van der Waals surface area contributed by atoms with Crippen LogP contribution in [0.1, 0.15) is 6.92 Å². The SMILES string of the molecule is COc1cccc(N(C(C)C(=O)NO)S(=O)(=O)c2ccccc2-c2ccc3ccc4ccccc4c3c2)c1. The van der Waals surface area contributed by atoms with Crippen LogP contribution >= 0.6 is 0 Å². The summed E-state index contributed by atoms with van der Waals surface area (Å²) in [6, 6.07) is 29.9. The van der Waals surface area contributed by atoms with Crippen molar-refractivity contribution >= 4 is 43.2 Å². The van der Waals surface area contributed by atoms with Gasteiger partial charge in [-0.2, -0.15) is 0 Å². The Bertz CT molecular complexity index is 1770. The van der Waals surface area contributed by atoms with Crippen LogP contribution in [0.3, 0.4) is 0 Å². The van der Waals surface area contributed by atoms with Gasteiger partial charge < -0.3 is 4.74 Å². The number of nitrogens with zero attached hydrogens (tertiary/aromatic N) is 1. The molecule has 0 radical (unpaired) electrons. The van der Waals surface area contributed by atoms with Crippen LogP contribution in [0.4, 0.5) is 5.69 Å². The number of benzene rings is 5. The van der Waals surface area contributed by atoms with Crippen LogP contribution in [0.25, 0.3) is 32.7 Å². The number of fused-ring (bicyclic) bond motifs is 3. The Kier molecular flexibility index (Phi) is 6.75. The van der Waals surface area contributed by atoms with Gasteiger partial charge >= 0.3 is 0 Å². The van der Waals surface area contributed by atoms with Crippen LogP contribution in [-0.2, 0) is 14.8 Å². The Morgan fingerprint density at radius 3 is 2.29 bits per heavy atom. The molecular formula is C30H26N2O5S. The molecule has 5 rings (SSSR count). The van der Waals surface area contributed by atoms with Crippen LogP contribution in [0.15, 0.2) is 108 Å². The topological polar surface area (TPSA) is 95.9 Å². The van der Waals surface area contributed by atoms with E-state index >= 15 is 0 Å². The number of hydrogen-bond donors (Lipinski definition) is 2. The van der Waals surface area contributed by atoms with Crippen LogP contribution < -0.4 is 14.5 Å². The smallest absolute Gasteiger partial charge is 0.266 e. The molecular weight excluding hydrogens is 500 g/mol. The summed E-state index contributed by atoms with van der Waals surface area (Å²) >= 11 is 0. The van der Waals surface area contributed by atoms with Gasteiger partial charge in [-0.3, -0.25) is 14.3 Å². The number of hydroxylamine groups is 1. The summed E-state index contributed by atoms with van der Waals surface area (Å²) in [6.45, 7) is 1.41. The Hall–Kier alpha value is -4.40. The molecule has 0 aliphatic carbocycles. The standard InChI is InChI=1S/C30H26N2O5S/c1-20(30(33)31-34)32(24-9-7-10-25(19-24)37-2)38(35,36)29-13-6-5-12-27(29)23-17-16-22-15-14-21-8-3-4-11-26(21)28(22)18-23/h3-20,34H,1-2H3,(H,31,33). The molecule has 0 spiro atoms. The van der Waals surface area contributed by atoms with Crippen LogP contribution in [-0.4, -0.2) is 32.7 Å². The minimum atomic E-state index is -4.30. The zero-order chi connectivity index (χ0) is 26.9. The molecule has 1 unspecified atom stereocenters. The highest BCUT2D eigenvalue weighted by molar-refractivity contribution is 7.93. The predicted molar refractivity (Wildman–Crippen MR) is 149 cm³/mol. The lowest BCUT2D eigenvalue weighted by Crippen LogP contribution is -2.47. The maximum absolute atomic E-state index is 14.3. The van der Waals surface area contributed by atoms with Gasteiger partial charge in [0, 0.05) is 11.6 Å². The van der Waals surface area contributed by atoms with Gasteiger partial charge in [-0.05, 0) is 58.3 Å². The molecule has 1 amide bonds. The molecule has 5 aromatic carbocycles. The number of anilines is 1. The van der Waals surface area contributed by atoms with E-state index in [0.29, 0.717) is 11.3 Å². The minimum Gasteiger partial charge on any atom is -0.497 e. The molecule has 192 valence electrons. The molecule has 38 heavy (non-hydrogen) atoms. The average molecular weight is 527 g/mol. The van der Waals surface area contributed by atoms with Crippen molar-refractivity contribution in [3.8, 4) is 16.9 Å².